The molecule has 0 aromatic rings. The lowest BCUT2D eigenvalue weighted by molar-refractivity contribution is -0.167. The van der Waals surface area contributed by atoms with Crippen molar-refractivity contribution in [1.82, 2.24) is 0 Å². The summed E-state index contributed by atoms with van der Waals surface area (Å²) in [6.45, 7) is 6.37. The minimum absolute atomic E-state index is 0.0987. The lowest BCUT2D eigenvalue weighted by atomic mass is 10.1. The quantitative estimate of drug-likeness (QED) is 0.0261. The molecule has 0 radical (unpaired) electrons. The summed E-state index contributed by atoms with van der Waals surface area (Å²) in [6, 6.07) is 0. The van der Waals surface area contributed by atoms with E-state index in [2.05, 4.69) is 167 Å². The van der Waals surface area contributed by atoms with Crippen LogP contribution in [0.15, 0.2) is 146 Å². The lowest BCUT2D eigenvalue weighted by Gasteiger charge is -2.18. The Bertz CT molecular complexity index is 1660. The molecule has 1 unspecified atom stereocenters. The highest BCUT2D eigenvalue weighted by Gasteiger charge is 2.19. The van der Waals surface area contributed by atoms with Gasteiger partial charge in [0.1, 0.15) is 13.2 Å². The second-order valence-electron chi connectivity index (χ2n) is 19.5. The van der Waals surface area contributed by atoms with Crippen molar-refractivity contribution in [3.05, 3.63) is 146 Å². The predicted molar refractivity (Wildman–Crippen MR) is 325 cm³/mol. The van der Waals surface area contributed by atoms with Gasteiger partial charge in [0, 0.05) is 19.3 Å². The van der Waals surface area contributed by atoms with E-state index in [1.807, 2.05) is 0 Å². The molecule has 422 valence electrons. The maximum absolute atomic E-state index is 12.8. The molecule has 0 aliphatic rings. The number of rotatable bonds is 53. The van der Waals surface area contributed by atoms with E-state index in [1.54, 1.807) is 0 Å². The molecule has 0 saturated heterocycles. The van der Waals surface area contributed by atoms with E-state index in [0.717, 1.165) is 180 Å². The Morgan fingerprint density at radius 1 is 0.280 bits per heavy atom. The second kappa shape index (κ2) is 61.8. The van der Waals surface area contributed by atoms with Crippen LogP contribution in [0.2, 0.25) is 0 Å². The fourth-order valence-corrected chi connectivity index (χ4v) is 7.75. The molecule has 0 saturated carbocycles. The van der Waals surface area contributed by atoms with Crippen molar-refractivity contribution in [3.63, 3.8) is 0 Å². The van der Waals surface area contributed by atoms with Gasteiger partial charge in [-0.15, -0.1) is 0 Å². The molecule has 1 atom stereocenters. The highest BCUT2D eigenvalue weighted by Crippen LogP contribution is 2.13. The smallest absolute Gasteiger partial charge is 0.306 e. The van der Waals surface area contributed by atoms with Gasteiger partial charge in [-0.1, -0.05) is 244 Å². The standard InChI is InChI=1S/C69H110O6/c1-4-7-10-13-16-19-22-24-25-26-27-28-29-30-31-32-33-34-35-36-37-38-39-40-41-42-43-45-47-50-53-56-59-62-68(71)74-65-66(64-73-67(70)61-58-55-52-49-46-21-18-15-12-9-6-3)75-69(72)63-60-57-54-51-48-44-23-20-17-14-11-8-5-2/h7,10-11,14-16,18-20,23-25,27-28,30-31,33-34,36-37,39-40,42-43,66H,4-6,8-9,12-13,17,21-22,26,29,32,35,38,41,44-65H2,1-3H3/b10-7-,14-11-,18-15-,19-16-,23-20-,25-24-,28-27-,31-30-,34-33-,37-36-,40-39-,43-42-. The maximum atomic E-state index is 12.8. The first-order valence-corrected chi connectivity index (χ1v) is 30.3. The van der Waals surface area contributed by atoms with E-state index in [9.17, 15) is 14.4 Å². The zero-order valence-electron chi connectivity index (χ0n) is 48.3. The Balaban J connectivity index is 4.28. The molecular weight excluding hydrogens is 925 g/mol. The molecule has 0 bridgehead atoms. The van der Waals surface area contributed by atoms with Gasteiger partial charge in [-0.2, -0.15) is 0 Å². The van der Waals surface area contributed by atoms with Crippen LogP contribution in [0.25, 0.3) is 0 Å². The number of carbonyl (C=O) groups is 3. The van der Waals surface area contributed by atoms with Gasteiger partial charge in [0.15, 0.2) is 6.10 Å². The highest BCUT2D eigenvalue weighted by atomic mass is 16.6. The molecule has 0 aliphatic carbocycles. The van der Waals surface area contributed by atoms with Crippen LogP contribution < -0.4 is 0 Å². The Kier molecular flexibility index (Phi) is 58.0. The van der Waals surface area contributed by atoms with Crippen LogP contribution in [-0.4, -0.2) is 37.2 Å². The van der Waals surface area contributed by atoms with Crippen molar-refractivity contribution in [3.8, 4) is 0 Å². The first-order chi connectivity index (χ1) is 37.0. The summed E-state index contributed by atoms with van der Waals surface area (Å²) < 4.78 is 16.8. The summed E-state index contributed by atoms with van der Waals surface area (Å²) >= 11 is 0. The van der Waals surface area contributed by atoms with Crippen molar-refractivity contribution in [2.45, 2.75) is 258 Å². The summed E-state index contributed by atoms with van der Waals surface area (Å²) in [5.74, 6) is -0.948. The number of ether oxygens (including phenoxy) is 3. The Morgan fingerprint density at radius 2 is 0.547 bits per heavy atom. The normalized spacial score (nSPS) is 13.2. The third-order valence-electron chi connectivity index (χ3n) is 12.3. The van der Waals surface area contributed by atoms with E-state index in [0.29, 0.717) is 19.3 Å². The lowest BCUT2D eigenvalue weighted by Crippen LogP contribution is -2.30. The van der Waals surface area contributed by atoms with Crippen LogP contribution >= 0.6 is 0 Å². The van der Waals surface area contributed by atoms with E-state index in [4.69, 9.17) is 14.2 Å². The van der Waals surface area contributed by atoms with E-state index in [1.165, 1.54) is 32.1 Å². The maximum Gasteiger partial charge on any atom is 0.306 e. The molecule has 0 aromatic heterocycles. The van der Waals surface area contributed by atoms with Crippen molar-refractivity contribution in [1.29, 1.82) is 0 Å². The van der Waals surface area contributed by atoms with Gasteiger partial charge in [-0.05, 0) is 135 Å². The number of unbranched alkanes of at least 4 members (excludes halogenated alkanes) is 18. The largest absolute Gasteiger partial charge is 0.462 e. The Morgan fingerprint density at radius 3 is 0.880 bits per heavy atom. The zero-order valence-corrected chi connectivity index (χ0v) is 48.3. The van der Waals surface area contributed by atoms with Crippen molar-refractivity contribution < 1.29 is 28.6 Å². The summed E-state index contributed by atoms with van der Waals surface area (Å²) in [6.07, 6.45) is 88.5. The Hall–Kier alpha value is -4.71. The summed E-state index contributed by atoms with van der Waals surface area (Å²) in [5, 5.41) is 0. The van der Waals surface area contributed by atoms with Gasteiger partial charge in [0.25, 0.3) is 0 Å². The summed E-state index contributed by atoms with van der Waals surface area (Å²) in [4.78, 5) is 38.1. The molecule has 0 aromatic carbocycles. The molecule has 0 spiro atoms. The topological polar surface area (TPSA) is 78.9 Å². The summed E-state index contributed by atoms with van der Waals surface area (Å²) in [5.41, 5.74) is 0. The van der Waals surface area contributed by atoms with Crippen LogP contribution in [0.1, 0.15) is 252 Å². The van der Waals surface area contributed by atoms with Gasteiger partial charge in [0.05, 0.1) is 0 Å². The molecule has 0 aliphatic heterocycles. The minimum atomic E-state index is -0.802. The van der Waals surface area contributed by atoms with Crippen molar-refractivity contribution >= 4 is 17.9 Å². The first kappa shape index (κ1) is 70.3. The number of carbonyl (C=O) groups excluding carboxylic acids is 3. The summed E-state index contributed by atoms with van der Waals surface area (Å²) in [7, 11) is 0. The number of hydrogen-bond acceptors (Lipinski definition) is 6. The van der Waals surface area contributed by atoms with Crippen LogP contribution in [0.3, 0.4) is 0 Å². The van der Waals surface area contributed by atoms with Crippen molar-refractivity contribution in [2.24, 2.45) is 0 Å². The molecular formula is C69H110O6. The number of hydrogen-bond donors (Lipinski definition) is 0. The molecule has 0 fully saturated rings. The number of allylic oxidation sites excluding steroid dienone is 24. The monoisotopic (exact) mass is 1030 g/mol. The van der Waals surface area contributed by atoms with Crippen LogP contribution in [0.5, 0.6) is 0 Å². The van der Waals surface area contributed by atoms with E-state index >= 15 is 0 Å². The van der Waals surface area contributed by atoms with Gasteiger partial charge in [0.2, 0.25) is 0 Å². The molecule has 0 rings (SSSR count). The highest BCUT2D eigenvalue weighted by molar-refractivity contribution is 5.71. The fourth-order valence-electron chi connectivity index (χ4n) is 7.75. The van der Waals surface area contributed by atoms with Gasteiger partial charge >= 0.3 is 17.9 Å². The average Bonchev–Trinajstić information content (AvgIpc) is 3.41. The van der Waals surface area contributed by atoms with Gasteiger partial charge in [-0.25, -0.2) is 0 Å². The molecule has 0 amide bonds. The molecule has 75 heavy (non-hydrogen) atoms. The minimum Gasteiger partial charge on any atom is -0.462 e. The van der Waals surface area contributed by atoms with Crippen LogP contribution in [0.4, 0.5) is 0 Å². The molecule has 6 nitrogen and oxygen atoms in total. The van der Waals surface area contributed by atoms with Gasteiger partial charge in [-0.3, -0.25) is 14.4 Å². The average molecular weight is 1040 g/mol. The van der Waals surface area contributed by atoms with E-state index in [-0.39, 0.29) is 31.1 Å². The van der Waals surface area contributed by atoms with Crippen molar-refractivity contribution in [2.75, 3.05) is 13.2 Å². The van der Waals surface area contributed by atoms with Crippen LogP contribution in [0, 0.1) is 0 Å². The zero-order chi connectivity index (χ0) is 54.3. The third kappa shape index (κ3) is 60.0. The number of esters is 3. The third-order valence-corrected chi connectivity index (χ3v) is 12.3. The van der Waals surface area contributed by atoms with Crippen LogP contribution in [-0.2, 0) is 28.6 Å². The SMILES string of the molecule is CC/C=C\C/C=C\C/C=C\C/C=C\C/C=C\C/C=C\C/C=C\C/C=C\C/C=C\CCCCCCCC(=O)OCC(COC(=O)CCCCCCC/C=C\CCCC)OC(=O)CCCCCCC/C=C\C/C=C\CCC. The van der Waals surface area contributed by atoms with Gasteiger partial charge < -0.3 is 14.2 Å². The Labute approximate surface area is 461 Å². The first-order valence-electron chi connectivity index (χ1n) is 30.3. The fraction of sp³-hybridized carbons (Fsp3) is 0.609. The van der Waals surface area contributed by atoms with E-state index < -0.39 is 6.10 Å². The molecule has 0 heterocycles. The second-order valence-corrected chi connectivity index (χ2v) is 19.5. The predicted octanol–water partition coefficient (Wildman–Crippen LogP) is 20.8. The molecule has 0 N–H and O–H groups in total. The molecule has 6 heteroatoms.